The van der Waals surface area contributed by atoms with Crippen molar-refractivity contribution >= 4 is 5.97 Å². The van der Waals surface area contributed by atoms with Gasteiger partial charge in [-0.15, -0.1) is 0 Å². The molecule has 1 aromatic carbocycles. The maximum absolute atomic E-state index is 12.1. The van der Waals surface area contributed by atoms with Crippen LogP contribution >= 0.6 is 0 Å². The molecule has 0 heterocycles. The minimum atomic E-state index is -4.78. The summed E-state index contributed by atoms with van der Waals surface area (Å²) in [5, 5.41) is 0. The lowest BCUT2D eigenvalue weighted by Crippen LogP contribution is -2.23. The van der Waals surface area contributed by atoms with E-state index in [9.17, 15) is 18.0 Å². The first-order valence-corrected chi connectivity index (χ1v) is 4.62. The van der Waals surface area contributed by atoms with Crippen molar-refractivity contribution in [2.24, 2.45) is 5.73 Å². The van der Waals surface area contributed by atoms with Crippen LogP contribution in [0.4, 0.5) is 13.2 Å². The summed E-state index contributed by atoms with van der Waals surface area (Å²) in [6.45, 7) is 2.93. The molecule has 0 aliphatic rings. The lowest BCUT2D eigenvalue weighted by molar-refractivity contribution is -0.142. The van der Waals surface area contributed by atoms with Crippen molar-refractivity contribution in [1.82, 2.24) is 0 Å². The van der Waals surface area contributed by atoms with E-state index in [1.54, 1.807) is 12.1 Å². The zero-order valence-electron chi connectivity index (χ0n) is 8.75. The van der Waals surface area contributed by atoms with Gasteiger partial charge in [0.1, 0.15) is 11.3 Å². The van der Waals surface area contributed by atoms with Gasteiger partial charge < -0.3 is 10.5 Å². The third kappa shape index (κ3) is 3.60. The number of carbonyl (C=O) groups is 1. The predicted molar refractivity (Wildman–Crippen MR) is 55.2 cm³/mol. The minimum Gasteiger partial charge on any atom is -0.423 e. The van der Waals surface area contributed by atoms with Crippen LogP contribution in [-0.4, -0.2) is 12.1 Å². The quantitative estimate of drug-likeness (QED) is 0.504. The van der Waals surface area contributed by atoms with Gasteiger partial charge >= 0.3 is 12.1 Å². The molecule has 0 saturated heterocycles. The number of alkyl halides is 3. The zero-order valence-corrected chi connectivity index (χ0v) is 8.75. The van der Waals surface area contributed by atoms with Crippen molar-refractivity contribution in [2.45, 2.75) is 12.7 Å². The first-order valence-electron chi connectivity index (χ1n) is 4.62. The maximum atomic E-state index is 12.1. The fourth-order valence-corrected chi connectivity index (χ4v) is 0.978. The van der Waals surface area contributed by atoms with Crippen LogP contribution in [0.2, 0.25) is 0 Å². The number of carbonyl (C=O) groups excluding carboxylic acids is 1. The van der Waals surface area contributed by atoms with Gasteiger partial charge in [-0.25, -0.2) is 4.79 Å². The molecule has 0 amide bonds. The molecule has 3 nitrogen and oxygen atoms in total. The molecule has 6 heteroatoms. The molecular weight excluding hydrogens is 235 g/mol. The van der Waals surface area contributed by atoms with E-state index in [0.717, 1.165) is 5.56 Å². The number of ether oxygens (including phenoxy) is 1. The second kappa shape index (κ2) is 5.01. The Morgan fingerprint density at radius 3 is 2.24 bits per heavy atom. The average Bonchev–Trinajstić information content (AvgIpc) is 2.27. The normalized spacial score (nSPS) is 11.1. The fraction of sp³-hybridized carbons (Fsp3) is 0.182. The summed E-state index contributed by atoms with van der Waals surface area (Å²) in [5.74, 6) is -1.50. The molecular formula is C11H10F3NO2. The number of benzene rings is 1. The average molecular weight is 245 g/mol. The summed E-state index contributed by atoms with van der Waals surface area (Å²) in [4.78, 5) is 11.0. The van der Waals surface area contributed by atoms with Crippen molar-refractivity contribution in [3.05, 3.63) is 42.0 Å². The number of nitrogens with two attached hydrogens (primary N) is 1. The van der Waals surface area contributed by atoms with E-state index >= 15 is 0 Å². The van der Waals surface area contributed by atoms with Crippen molar-refractivity contribution in [1.29, 1.82) is 0 Å². The second-order valence-electron chi connectivity index (χ2n) is 3.21. The smallest absolute Gasteiger partial charge is 0.422 e. The van der Waals surface area contributed by atoms with Crippen molar-refractivity contribution < 1.29 is 22.7 Å². The minimum absolute atomic E-state index is 0.0117. The van der Waals surface area contributed by atoms with Crippen molar-refractivity contribution in [3.8, 4) is 5.75 Å². The van der Waals surface area contributed by atoms with Gasteiger partial charge in [0.25, 0.3) is 0 Å². The van der Waals surface area contributed by atoms with Gasteiger partial charge in [-0.3, -0.25) is 0 Å². The summed E-state index contributed by atoms with van der Waals surface area (Å²) in [5.41, 5.74) is 4.57. The maximum Gasteiger partial charge on any atom is 0.422 e. The molecule has 0 fully saturated rings. The predicted octanol–water partition coefficient (Wildman–Crippen LogP) is 2.17. The zero-order chi connectivity index (χ0) is 13.1. The highest BCUT2D eigenvalue weighted by Crippen LogP contribution is 2.25. The number of hydrogen-bond donors (Lipinski definition) is 1. The van der Waals surface area contributed by atoms with E-state index in [4.69, 9.17) is 5.73 Å². The van der Waals surface area contributed by atoms with Gasteiger partial charge in [0, 0.05) is 6.54 Å². The third-order valence-corrected chi connectivity index (χ3v) is 1.96. The first-order chi connectivity index (χ1) is 7.84. The molecule has 17 heavy (non-hydrogen) atoms. The molecule has 1 rings (SSSR count). The number of rotatable bonds is 3. The van der Waals surface area contributed by atoms with Crippen LogP contribution in [0.25, 0.3) is 0 Å². The topological polar surface area (TPSA) is 52.3 Å². The Bertz CT molecular complexity index is 423. The Hall–Kier alpha value is -1.82. The van der Waals surface area contributed by atoms with Crippen molar-refractivity contribution in [3.63, 3.8) is 0 Å². The highest BCUT2D eigenvalue weighted by atomic mass is 19.4. The van der Waals surface area contributed by atoms with E-state index < -0.39 is 17.7 Å². The largest absolute Gasteiger partial charge is 0.423 e. The number of hydrogen-bond acceptors (Lipinski definition) is 3. The van der Waals surface area contributed by atoms with Gasteiger partial charge in [0.15, 0.2) is 0 Å². The van der Waals surface area contributed by atoms with Crippen LogP contribution in [0.15, 0.2) is 36.4 Å². The van der Waals surface area contributed by atoms with Crippen molar-refractivity contribution in [2.75, 3.05) is 0 Å². The Kier molecular flexibility index (Phi) is 3.90. The Morgan fingerprint density at radius 2 is 1.82 bits per heavy atom. The summed E-state index contributed by atoms with van der Waals surface area (Å²) in [6, 6.07) is 5.84. The van der Waals surface area contributed by atoms with Gasteiger partial charge in [-0.05, 0) is 17.7 Å². The standard InChI is InChI=1S/C11H10F3NO2/c1-7(11(12,13)14)10(16)17-9-4-2-8(6-15)3-5-9/h2-5H,1,6,15H2. The highest BCUT2D eigenvalue weighted by molar-refractivity contribution is 5.90. The molecule has 0 saturated carbocycles. The summed E-state index contributed by atoms with van der Waals surface area (Å²) in [7, 11) is 0. The Balaban J connectivity index is 2.71. The molecule has 0 unspecified atom stereocenters. The lowest BCUT2D eigenvalue weighted by Gasteiger charge is -2.09. The Labute approximate surface area is 95.7 Å². The van der Waals surface area contributed by atoms with Gasteiger partial charge in [-0.2, -0.15) is 13.2 Å². The van der Waals surface area contributed by atoms with Crippen LogP contribution in [0.1, 0.15) is 5.56 Å². The summed E-state index contributed by atoms with van der Waals surface area (Å²) >= 11 is 0. The van der Waals surface area contributed by atoms with Crippen LogP contribution in [0, 0.1) is 0 Å². The van der Waals surface area contributed by atoms with E-state index in [-0.39, 0.29) is 5.75 Å². The fourth-order valence-electron chi connectivity index (χ4n) is 0.978. The molecule has 0 aliphatic heterocycles. The van der Waals surface area contributed by atoms with Crippen LogP contribution in [0.5, 0.6) is 5.75 Å². The first kappa shape index (κ1) is 13.2. The van der Waals surface area contributed by atoms with Gasteiger partial charge in [0.05, 0.1) is 0 Å². The molecule has 92 valence electrons. The molecule has 0 aliphatic carbocycles. The second-order valence-corrected chi connectivity index (χ2v) is 3.21. The molecule has 0 spiro atoms. The summed E-state index contributed by atoms with van der Waals surface area (Å²) in [6.07, 6.45) is -4.78. The molecule has 0 atom stereocenters. The molecule has 1 aromatic rings. The Morgan fingerprint density at radius 1 is 1.29 bits per heavy atom. The lowest BCUT2D eigenvalue weighted by atomic mass is 10.2. The van der Waals surface area contributed by atoms with Gasteiger partial charge in [0.2, 0.25) is 0 Å². The SMILES string of the molecule is C=C(C(=O)Oc1ccc(CN)cc1)C(F)(F)F. The number of esters is 1. The van der Waals surface area contributed by atoms with Crippen LogP contribution < -0.4 is 10.5 Å². The van der Waals surface area contributed by atoms with E-state index in [1.807, 2.05) is 0 Å². The molecule has 0 aromatic heterocycles. The van der Waals surface area contributed by atoms with E-state index in [0.29, 0.717) is 6.54 Å². The van der Waals surface area contributed by atoms with E-state index in [2.05, 4.69) is 11.3 Å². The number of halogens is 3. The molecule has 0 bridgehead atoms. The van der Waals surface area contributed by atoms with Crippen LogP contribution in [-0.2, 0) is 11.3 Å². The van der Waals surface area contributed by atoms with E-state index in [1.165, 1.54) is 12.1 Å². The summed E-state index contributed by atoms with van der Waals surface area (Å²) < 4.78 is 40.8. The van der Waals surface area contributed by atoms with Crippen LogP contribution in [0.3, 0.4) is 0 Å². The third-order valence-electron chi connectivity index (χ3n) is 1.96. The molecule has 0 radical (unpaired) electrons. The molecule has 2 N–H and O–H groups in total. The van der Waals surface area contributed by atoms with Gasteiger partial charge in [-0.1, -0.05) is 18.7 Å². The monoisotopic (exact) mass is 245 g/mol. The highest BCUT2D eigenvalue weighted by Gasteiger charge is 2.38.